The Morgan fingerprint density at radius 3 is 2.74 bits per heavy atom. The number of aliphatic imine (C=N–C) groups is 1. The first-order chi connectivity index (χ1) is 14.9. The molecule has 1 fully saturated rings. The number of hydrogen-bond acceptors (Lipinski definition) is 5. The van der Waals surface area contributed by atoms with E-state index in [0.717, 1.165) is 28.9 Å². The van der Waals surface area contributed by atoms with Gasteiger partial charge in [-0.1, -0.05) is 12.1 Å². The van der Waals surface area contributed by atoms with Gasteiger partial charge in [0.15, 0.2) is 0 Å². The summed E-state index contributed by atoms with van der Waals surface area (Å²) >= 11 is 2.19. The Hall–Kier alpha value is -2.23. The summed E-state index contributed by atoms with van der Waals surface area (Å²) in [5, 5.41) is 11.5. The molecule has 0 saturated carbocycles. The molecule has 1 aromatic heterocycles. The van der Waals surface area contributed by atoms with Gasteiger partial charge in [0, 0.05) is 39.7 Å². The molecule has 2 heterocycles. The van der Waals surface area contributed by atoms with E-state index in [1.54, 1.807) is 12.3 Å². The number of rotatable bonds is 6. The Balaban J connectivity index is 1.52. The summed E-state index contributed by atoms with van der Waals surface area (Å²) in [7, 11) is 4.27. The summed E-state index contributed by atoms with van der Waals surface area (Å²) in [5.74, 6) is -0.166. The number of nitrogens with one attached hydrogen (secondary N) is 1. The molecule has 3 aromatic rings. The van der Waals surface area contributed by atoms with Gasteiger partial charge in [-0.2, -0.15) is 0 Å². The van der Waals surface area contributed by atoms with Gasteiger partial charge < -0.3 is 10.0 Å². The highest BCUT2D eigenvalue weighted by Crippen LogP contribution is 2.25. The second-order valence-electron chi connectivity index (χ2n) is 8.36. The molecule has 2 N–H and O–H groups in total. The average molecular weight is 530 g/mol. The van der Waals surface area contributed by atoms with Gasteiger partial charge in [0.05, 0.1) is 11.3 Å². The monoisotopic (exact) mass is 530 g/mol. The number of benzene rings is 2. The van der Waals surface area contributed by atoms with Crippen molar-refractivity contribution in [3.8, 4) is 5.88 Å². The summed E-state index contributed by atoms with van der Waals surface area (Å²) in [5.41, 5.74) is 2.29. The maximum absolute atomic E-state index is 12.1. The number of aromatic nitrogens is 1. The Morgan fingerprint density at radius 2 is 2.00 bits per heavy atom. The van der Waals surface area contributed by atoms with E-state index >= 15 is 0 Å². The van der Waals surface area contributed by atoms with Crippen LogP contribution in [0.25, 0.3) is 10.8 Å². The number of fused-ring (bicyclic) bond motifs is 1. The summed E-state index contributed by atoms with van der Waals surface area (Å²) in [4.78, 5) is 24.0. The quantitative estimate of drug-likeness (QED) is 0.372. The second kappa shape index (κ2) is 9.50. The number of likely N-dealkylation sites (N-methyl/N-ethyl adjacent to an activating group) is 1. The van der Waals surface area contributed by atoms with Gasteiger partial charge in [-0.05, 0) is 92.0 Å². The number of hydrogen-bond donors (Lipinski definition) is 2. The summed E-state index contributed by atoms with van der Waals surface area (Å²) in [6, 6.07) is 14.4. The van der Waals surface area contributed by atoms with E-state index in [-0.39, 0.29) is 11.4 Å². The largest absolute Gasteiger partial charge is 0.494 e. The van der Waals surface area contributed by atoms with Crippen molar-refractivity contribution in [2.24, 2.45) is 4.99 Å². The van der Waals surface area contributed by atoms with Gasteiger partial charge in [0.1, 0.15) is 0 Å². The Kier molecular flexibility index (Phi) is 6.74. The van der Waals surface area contributed by atoms with E-state index in [1.807, 2.05) is 24.3 Å². The zero-order valence-electron chi connectivity index (χ0n) is 17.8. The topological polar surface area (TPSA) is 71.9 Å². The molecule has 162 valence electrons. The van der Waals surface area contributed by atoms with Crippen LogP contribution in [0.3, 0.4) is 0 Å². The van der Waals surface area contributed by atoms with Crippen LogP contribution in [-0.4, -0.2) is 59.3 Å². The van der Waals surface area contributed by atoms with Crippen LogP contribution < -0.4 is 5.56 Å². The van der Waals surface area contributed by atoms with Crippen LogP contribution in [0.2, 0.25) is 0 Å². The van der Waals surface area contributed by atoms with Crippen molar-refractivity contribution in [3.63, 3.8) is 0 Å². The third kappa shape index (κ3) is 5.16. The Bertz CT molecular complexity index is 1150. The lowest BCUT2D eigenvalue weighted by Crippen LogP contribution is -2.37. The predicted molar refractivity (Wildman–Crippen MR) is 135 cm³/mol. The number of halogens is 1. The average Bonchev–Trinajstić information content (AvgIpc) is 3.14. The lowest BCUT2D eigenvalue weighted by atomic mass is 10.1. The first kappa shape index (κ1) is 22.0. The number of pyridine rings is 1. The van der Waals surface area contributed by atoms with Crippen LogP contribution in [0.4, 0.5) is 5.69 Å². The minimum Gasteiger partial charge on any atom is -0.494 e. The van der Waals surface area contributed by atoms with Gasteiger partial charge in [0.2, 0.25) is 5.88 Å². The highest BCUT2D eigenvalue weighted by molar-refractivity contribution is 14.1. The van der Waals surface area contributed by atoms with Gasteiger partial charge >= 0.3 is 0 Å². The molecule has 1 aliphatic rings. The fourth-order valence-electron chi connectivity index (χ4n) is 4.23. The normalized spacial score (nSPS) is 17.4. The van der Waals surface area contributed by atoms with Crippen molar-refractivity contribution < 1.29 is 5.11 Å². The van der Waals surface area contributed by atoms with Crippen LogP contribution in [-0.2, 0) is 6.54 Å². The van der Waals surface area contributed by atoms with Crippen LogP contribution in [0.1, 0.15) is 24.0 Å². The van der Waals surface area contributed by atoms with E-state index in [9.17, 15) is 9.90 Å². The van der Waals surface area contributed by atoms with Crippen molar-refractivity contribution in [2.45, 2.75) is 25.4 Å². The van der Waals surface area contributed by atoms with E-state index in [1.165, 1.54) is 18.4 Å². The van der Waals surface area contributed by atoms with Gasteiger partial charge in [-0.25, -0.2) is 0 Å². The lowest BCUT2D eigenvalue weighted by Gasteiger charge is -2.27. The zero-order chi connectivity index (χ0) is 22.0. The van der Waals surface area contributed by atoms with Crippen LogP contribution in [0.15, 0.2) is 52.3 Å². The minimum atomic E-state index is -0.306. The number of aromatic hydroxyl groups is 1. The Morgan fingerprint density at radius 1 is 1.23 bits per heavy atom. The molecule has 0 unspecified atom stereocenters. The summed E-state index contributed by atoms with van der Waals surface area (Å²) in [6.45, 7) is 3.19. The smallest absolute Gasteiger partial charge is 0.258 e. The van der Waals surface area contributed by atoms with Crippen molar-refractivity contribution in [2.75, 3.05) is 27.2 Å². The molecular formula is C24H27IN4O2. The van der Waals surface area contributed by atoms with Crippen molar-refractivity contribution >= 4 is 45.3 Å². The number of likely N-dealkylation sites (tertiary alicyclic amines) is 1. The maximum Gasteiger partial charge on any atom is 0.258 e. The van der Waals surface area contributed by atoms with Crippen LogP contribution in [0.5, 0.6) is 5.88 Å². The molecule has 1 atom stereocenters. The summed E-state index contributed by atoms with van der Waals surface area (Å²) in [6.07, 6.45) is 4.14. The Labute approximate surface area is 195 Å². The fraction of sp³-hybridized carbons (Fsp3) is 0.333. The molecule has 6 nitrogen and oxygen atoms in total. The molecule has 1 saturated heterocycles. The molecule has 31 heavy (non-hydrogen) atoms. The SMILES string of the molecule is CN(C)C[C@@H]1CCCN1Cc1ccc(N=Cc2c(O)[nH]c(=O)c3ccc(I)cc23)cc1. The number of nitrogens with zero attached hydrogens (tertiary/aromatic N) is 3. The van der Waals surface area contributed by atoms with E-state index in [4.69, 9.17) is 0 Å². The van der Waals surface area contributed by atoms with Gasteiger partial charge in [-0.15, -0.1) is 0 Å². The van der Waals surface area contributed by atoms with Crippen LogP contribution >= 0.6 is 22.6 Å². The number of aromatic amines is 1. The molecule has 0 aliphatic carbocycles. The molecule has 0 radical (unpaired) electrons. The van der Waals surface area contributed by atoms with Gasteiger partial charge in [-0.3, -0.25) is 19.7 Å². The first-order valence-electron chi connectivity index (χ1n) is 10.5. The highest BCUT2D eigenvalue weighted by Gasteiger charge is 2.24. The number of H-pyrrole nitrogens is 1. The van der Waals surface area contributed by atoms with E-state index < -0.39 is 0 Å². The molecule has 1 aliphatic heterocycles. The summed E-state index contributed by atoms with van der Waals surface area (Å²) < 4.78 is 0.989. The third-order valence-corrected chi connectivity index (χ3v) is 6.41. The van der Waals surface area contributed by atoms with Crippen molar-refractivity contribution in [1.82, 2.24) is 14.8 Å². The van der Waals surface area contributed by atoms with Crippen LogP contribution in [0, 0.1) is 3.57 Å². The standard InChI is InChI=1S/C24H27IN4O2/c1-28(2)15-19-4-3-11-29(19)14-16-5-8-18(9-6-16)26-13-22-21-12-17(25)7-10-20(21)23(30)27-24(22)31/h5-10,12-13,19H,3-4,11,14-15H2,1-2H3,(H2,27,30,31)/t19-/m0/s1. The highest BCUT2D eigenvalue weighted by atomic mass is 127. The van der Waals surface area contributed by atoms with Crippen molar-refractivity contribution in [1.29, 1.82) is 0 Å². The van der Waals surface area contributed by atoms with E-state index in [0.29, 0.717) is 22.4 Å². The fourth-order valence-corrected chi connectivity index (χ4v) is 4.72. The third-order valence-electron chi connectivity index (χ3n) is 5.74. The molecular weight excluding hydrogens is 503 g/mol. The molecule has 0 amide bonds. The first-order valence-corrected chi connectivity index (χ1v) is 11.5. The van der Waals surface area contributed by atoms with Crippen molar-refractivity contribution in [3.05, 3.63) is 67.5 Å². The lowest BCUT2D eigenvalue weighted by molar-refractivity contribution is 0.201. The molecule has 0 spiro atoms. The molecule has 0 bridgehead atoms. The molecule has 2 aromatic carbocycles. The van der Waals surface area contributed by atoms with E-state index in [2.05, 4.69) is 68.6 Å². The maximum atomic E-state index is 12.1. The predicted octanol–water partition coefficient (Wildman–Crippen LogP) is 4.11. The molecule has 4 rings (SSSR count). The molecule has 7 heteroatoms. The van der Waals surface area contributed by atoms with Gasteiger partial charge in [0.25, 0.3) is 5.56 Å². The minimum absolute atomic E-state index is 0.166. The second-order valence-corrected chi connectivity index (χ2v) is 9.61. The zero-order valence-corrected chi connectivity index (χ0v) is 20.0.